The van der Waals surface area contributed by atoms with Gasteiger partial charge in [0.15, 0.2) is 17.4 Å². The molecule has 3 nitrogen and oxygen atoms in total. The van der Waals surface area contributed by atoms with Gasteiger partial charge in [-0.1, -0.05) is 0 Å². The van der Waals surface area contributed by atoms with E-state index in [0.29, 0.717) is 6.42 Å². The Morgan fingerprint density at radius 3 is 2.29 bits per heavy atom. The maximum Gasteiger partial charge on any atom is 0.359 e. The number of rotatable bonds is 7. The maximum atomic E-state index is 10.2. The fourth-order valence-corrected chi connectivity index (χ4v) is 7.90. The molecule has 0 N–H and O–H groups in total. The third kappa shape index (κ3) is 8.82. The van der Waals surface area contributed by atoms with Crippen molar-refractivity contribution < 1.29 is 13.0 Å². The minimum atomic E-state index is -1.45. The lowest BCUT2D eigenvalue weighted by Crippen LogP contribution is -2.37. The van der Waals surface area contributed by atoms with Crippen LogP contribution in [0.2, 0.25) is 38.8 Å². The van der Waals surface area contributed by atoms with Crippen LogP contribution in [0.3, 0.4) is 0 Å². The van der Waals surface area contributed by atoms with Crippen LogP contribution in [0.15, 0.2) is 0 Å². The van der Waals surface area contributed by atoms with E-state index in [4.69, 9.17) is 8.23 Å². The van der Waals surface area contributed by atoms with Gasteiger partial charge in [-0.15, -0.1) is 0 Å². The molecule has 2 radical (unpaired) electrons. The molecule has 0 bridgehead atoms. The quantitative estimate of drug-likeness (QED) is 0.512. The summed E-state index contributed by atoms with van der Waals surface area (Å²) in [5, 5.41) is 0. The van der Waals surface area contributed by atoms with Crippen LogP contribution >= 0.6 is 0 Å². The minimum Gasteiger partial charge on any atom is -0.436 e. The van der Waals surface area contributed by atoms with Gasteiger partial charge in [0.05, 0.1) is 0 Å². The molecule has 6 heteroatoms. The lowest BCUT2D eigenvalue weighted by molar-refractivity contribution is -0.107. The molecule has 0 saturated heterocycles. The second-order valence-corrected chi connectivity index (χ2v) is 13.0. The smallest absolute Gasteiger partial charge is 0.359 e. The first-order valence-corrected chi connectivity index (χ1v) is 12.2. The molecule has 0 amide bonds. The second-order valence-electron chi connectivity index (χ2n) is 4.22. The minimum absolute atomic E-state index is 0.618. The zero-order chi connectivity index (χ0) is 11.2. The topological polar surface area (TPSA) is 35.5 Å². The Balaban J connectivity index is 3.70. The van der Waals surface area contributed by atoms with Gasteiger partial charge in [0.25, 0.3) is 0 Å². The van der Waals surface area contributed by atoms with E-state index in [0.717, 1.165) is 12.3 Å². The highest BCUT2D eigenvalue weighted by Gasteiger charge is 2.22. The molecule has 0 unspecified atom stereocenters. The fourth-order valence-electron chi connectivity index (χ4n) is 1.01. The van der Waals surface area contributed by atoms with Gasteiger partial charge in [-0.2, -0.15) is 0 Å². The highest BCUT2D eigenvalue weighted by molar-refractivity contribution is 6.77. The van der Waals surface area contributed by atoms with Crippen molar-refractivity contribution in [1.29, 1.82) is 0 Å². The number of hydrogen-bond donors (Lipinski definition) is 0. The second kappa shape index (κ2) is 6.67. The molecule has 0 atom stereocenters. The van der Waals surface area contributed by atoms with Crippen LogP contribution in [-0.2, 0) is 13.0 Å². The SMILES string of the molecule is C[Si](CCC=O)O[Si](C)O[Si](C)(C)C. The maximum absolute atomic E-state index is 10.2. The van der Waals surface area contributed by atoms with Crippen LogP contribution in [0.5, 0.6) is 0 Å². The summed E-state index contributed by atoms with van der Waals surface area (Å²) >= 11 is 0. The van der Waals surface area contributed by atoms with E-state index in [1.807, 2.05) is 6.55 Å². The first-order chi connectivity index (χ1) is 6.35. The van der Waals surface area contributed by atoms with Crippen LogP contribution < -0.4 is 0 Å². The standard InChI is InChI=1S/C8H20O3Si3/c1-12(8-6-7-9)10-13(2)11-14(3,4)5/h7H,6,8H2,1-5H3. The first kappa shape index (κ1) is 14.2. The molecule has 0 aliphatic heterocycles. The number of carbonyl (C=O) groups excluding carboxylic acids is 1. The predicted molar refractivity (Wildman–Crippen MR) is 64.2 cm³/mol. The Labute approximate surface area is 91.5 Å². The molecule has 0 heterocycles. The van der Waals surface area contributed by atoms with Crippen molar-refractivity contribution in [3.05, 3.63) is 0 Å². The molecule has 0 saturated carbocycles. The molecule has 0 fully saturated rings. The Morgan fingerprint density at radius 2 is 1.86 bits per heavy atom. The van der Waals surface area contributed by atoms with Crippen molar-refractivity contribution in [1.82, 2.24) is 0 Å². The average molecular weight is 249 g/mol. The van der Waals surface area contributed by atoms with Gasteiger partial charge in [0.2, 0.25) is 0 Å². The van der Waals surface area contributed by atoms with Gasteiger partial charge in [0.1, 0.15) is 6.29 Å². The van der Waals surface area contributed by atoms with Gasteiger partial charge in [-0.25, -0.2) is 0 Å². The molecular formula is C8H20O3Si3. The normalized spacial score (nSPS) is 12.5. The van der Waals surface area contributed by atoms with Gasteiger partial charge in [-0.3, -0.25) is 0 Å². The van der Waals surface area contributed by atoms with Gasteiger partial charge < -0.3 is 13.0 Å². The van der Waals surface area contributed by atoms with Crippen molar-refractivity contribution in [2.24, 2.45) is 0 Å². The monoisotopic (exact) mass is 248 g/mol. The van der Waals surface area contributed by atoms with Crippen molar-refractivity contribution >= 4 is 32.9 Å². The van der Waals surface area contributed by atoms with Gasteiger partial charge in [-0.05, 0) is 38.8 Å². The molecular weight excluding hydrogens is 228 g/mol. The zero-order valence-electron chi connectivity index (χ0n) is 9.72. The van der Waals surface area contributed by atoms with Crippen molar-refractivity contribution in [3.63, 3.8) is 0 Å². The van der Waals surface area contributed by atoms with E-state index >= 15 is 0 Å². The van der Waals surface area contributed by atoms with E-state index < -0.39 is 26.6 Å². The van der Waals surface area contributed by atoms with Crippen molar-refractivity contribution in [2.75, 3.05) is 0 Å². The van der Waals surface area contributed by atoms with Gasteiger partial charge in [0, 0.05) is 6.42 Å². The Bertz CT molecular complexity index is 170. The van der Waals surface area contributed by atoms with Crippen molar-refractivity contribution in [3.8, 4) is 0 Å². The van der Waals surface area contributed by atoms with Crippen LogP contribution in [0.1, 0.15) is 6.42 Å². The van der Waals surface area contributed by atoms with E-state index in [1.165, 1.54) is 0 Å². The Hall–Kier alpha value is 0.241. The molecule has 0 aromatic carbocycles. The van der Waals surface area contributed by atoms with Crippen LogP contribution in [0.25, 0.3) is 0 Å². The highest BCUT2D eigenvalue weighted by atomic mass is 28.4. The van der Waals surface area contributed by atoms with Gasteiger partial charge >= 0.3 is 9.28 Å². The van der Waals surface area contributed by atoms with Crippen molar-refractivity contribution in [2.45, 2.75) is 45.2 Å². The Morgan fingerprint density at radius 1 is 1.29 bits per heavy atom. The summed E-state index contributed by atoms with van der Waals surface area (Å²) in [7, 11) is -3.35. The summed E-state index contributed by atoms with van der Waals surface area (Å²) in [5.41, 5.74) is 0. The average Bonchev–Trinajstić information content (AvgIpc) is 1.96. The highest BCUT2D eigenvalue weighted by Crippen LogP contribution is 2.08. The molecule has 14 heavy (non-hydrogen) atoms. The molecule has 0 spiro atoms. The Kier molecular flexibility index (Phi) is 6.79. The third-order valence-corrected chi connectivity index (χ3v) is 8.52. The predicted octanol–water partition coefficient (Wildman–Crippen LogP) is 2.18. The summed E-state index contributed by atoms with van der Waals surface area (Å²) < 4.78 is 11.6. The van der Waals surface area contributed by atoms with Crippen LogP contribution in [-0.4, -0.2) is 32.9 Å². The molecule has 0 rings (SSSR count). The fraction of sp³-hybridized carbons (Fsp3) is 0.875. The van der Waals surface area contributed by atoms with E-state index in [-0.39, 0.29) is 0 Å². The number of carbonyl (C=O) groups is 1. The number of hydrogen-bond acceptors (Lipinski definition) is 3. The lowest BCUT2D eigenvalue weighted by atomic mass is 10.6. The molecule has 0 aromatic heterocycles. The summed E-state index contributed by atoms with van der Waals surface area (Å²) in [6.07, 6.45) is 1.58. The number of aldehydes is 1. The largest absolute Gasteiger partial charge is 0.436 e. The molecule has 82 valence electrons. The molecule has 0 aliphatic carbocycles. The zero-order valence-corrected chi connectivity index (χ0v) is 12.7. The molecule has 0 aromatic rings. The van der Waals surface area contributed by atoms with E-state index in [9.17, 15) is 4.79 Å². The van der Waals surface area contributed by atoms with E-state index in [2.05, 4.69) is 26.2 Å². The van der Waals surface area contributed by atoms with Crippen LogP contribution in [0, 0.1) is 0 Å². The summed E-state index contributed by atoms with van der Waals surface area (Å²) in [4.78, 5) is 10.2. The lowest BCUT2D eigenvalue weighted by Gasteiger charge is -2.23. The van der Waals surface area contributed by atoms with Crippen LogP contribution in [0.4, 0.5) is 0 Å². The van der Waals surface area contributed by atoms with E-state index in [1.54, 1.807) is 0 Å². The summed E-state index contributed by atoms with van der Waals surface area (Å²) in [5.74, 6) is 0. The molecule has 0 aliphatic rings. The summed E-state index contributed by atoms with van der Waals surface area (Å²) in [6.45, 7) is 10.6. The first-order valence-electron chi connectivity index (χ1n) is 4.81. The summed E-state index contributed by atoms with van der Waals surface area (Å²) in [6, 6.07) is 0.894. The third-order valence-electron chi connectivity index (χ3n) is 1.38.